The molecule has 0 saturated carbocycles. The molecule has 0 aliphatic carbocycles. The second-order valence-corrected chi connectivity index (χ2v) is 5.65. The number of nitrogens with one attached hydrogen (secondary N) is 1. The van der Waals surface area contributed by atoms with E-state index in [1.165, 1.54) is 7.11 Å². The van der Waals surface area contributed by atoms with E-state index in [9.17, 15) is 5.11 Å². The lowest BCUT2D eigenvalue weighted by Gasteiger charge is -2.09. The molecule has 0 unspecified atom stereocenters. The molecule has 1 heterocycles. The molecule has 0 atom stereocenters. The summed E-state index contributed by atoms with van der Waals surface area (Å²) in [5.41, 5.74) is 6.39. The van der Waals surface area contributed by atoms with Crippen LogP contribution in [0.4, 0.5) is 17.1 Å². The second-order valence-electron chi connectivity index (χ2n) is 5.65. The molecule has 0 spiro atoms. The Kier molecular flexibility index (Phi) is 4.36. The molecule has 27 heavy (non-hydrogen) atoms. The average molecular weight is 360 g/mol. The summed E-state index contributed by atoms with van der Waals surface area (Å²) in [4.78, 5) is 1.58. The van der Waals surface area contributed by atoms with Crippen molar-refractivity contribution >= 4 is 28.1 Å². The lowest BCUT2D eigenvalue weighted by Crippen LogP contribution is -2.10. The number of phenolic OH excluding ortho intramolecular Hbond substituents is 1. The Morgan fingerprint density at radius 2 is 1.67 bits per heavy atom. The zero-order valence-electron chi connectivity index (χ0n) is 14.4. The van der Waals surface area contributed by atoms with Crippen molar-refractivity contribution in [3.05, 3.63) is 66.7 Å². The van der Waals surface area contributed by atoms with Crippen LogP contribution in [-0.2, 0) is 0 Å². The number of azo groups is 1. The fourth-order valence-electron chi connectivity index (χ4n) is 2.58. The third kappa shape index (κ3) is 3.28. The van der Waals surface area contributed by atoms with Gasteiger partial charge in [-0.3, -0.25) is 5.43 Å². The highest BCUT2D eigenvalue weighted by Gasteiger charge is 2.08. The molecular weight excluding hydrogens is 344 g/mol. The van der Waals surface area contributed by atoms with Gasteiger partial charge in [0.25, 0.3) is 0 Å². The summed E-state index contributed by atoms with van der Waals surface area (Å²) in [6.45, 7) is 0. The number of nitrogens with zero attached hydrogens (tertiary/aromatic N) is 5. The van der Waals surface area contributed by atoms with Crippen LogP contribution in [0.1, 0.15) is 0 Å². The van der Waals surface area contributed by atoms with Gasteiger partial charge in [0, 0.05) is 0 Å². The first kappa shape index (κ1) is 16.5. The van der Waals surface area contributed by atoms with Gasteiger partial charge < -0.3 is 9.84 Å². The highest BCUT2D eigenvalue weighted by molar-refractivity contribution is 5.75. The number of phenols is 1. The molecule has 3 aromatic carbocycles. The summed E-state index contributed by atoms with van der Waals surface area (Å²) in [5.74, 6) is 0.281. The van der Waals surface area contributed by atoms with Crippen LogP contribution in [0.25, 0.3) is 11.0 Å². The first-order valence-electron chi connectivity index (χ1n) is 8.20. The molecule has 0 fully saturated rings. The maximum atomic E-state index is 10.1. The molecule has 0 aliphatic heterocycles. The van der Waals surface area contributed by atoms with E-state index in [4.69, 9.17) is 4.74 Å². The van der Waals surface area contributed by atoms with Gasteiger partial charge in [0.05, 0.1) is 12.8 Å². The van der Waals surface area contributed by atoms with E-state index in [2.05, 4.69) is 26.0 Å². The summed E-state index contributed by atoms with van der Waals surface area (Å²) in [7, 11) is 1.48. The van der Waals surface area contributed by atoms with Gasteiger partial charge in [-0.2, -0.15) is 4.79 Å². The SMILES string of the molecule is COc1cccc(N=Nc2ccccc2Nn2nnc3ccccc32)c1O. The quantitative estimate of drug-likeness (QED) is 0.513. The van der Waals surface area contributed by atoms with Crippen LogP contribution >= 0.6 is 0 Å². The Morgan fingerprint density at radius 3 is 2.56 bits per heavy atom. The maximum Gasteiger partial charge on any atom is 0.185 e. The zero-order valence-corrected chi connectivity index (χ0v) is 14.4. The van der Waals surface area contributed by atoms with Crippen molar-refractivity contribution in [2.45, 2.75) is 0 Å². The topological polar surface area (TPSA) is 96.9 Å². The molecule has 0 aliphatic rings. The number of benzene rings is 3. The summed E-state index contributed by atoms with van der Waals surface area (Å²) >= 11 is 0. The summed E-state index contributed by atoms with van der Waals surface area (Å²) < 4.78 is 5.09. The molecule has 134 valence electrons. The third-order valence-corrected chi connectivity index (χ3v) is 3.95. The summed E-state index contributed by atoms with van der Waals surface area (Å²) in [6, 6.07) is 20.1. The lowest BCUT2D eigenvalue weighted by molar-refractivity contribution is 0.374. The van der Waals surface area contributed by atoms with Gasteiger partial charge in [-0.25, -0.2) is 0 Å². The molecule has 2 N–H and O–H groups in total. The number of aromatic nitrogens is 3. The van der Waals surface area contributed by atoms with E-state index in [0.717, 1.165) is 11.0 Å². The average Bonchev–Trinajstić information content (AvgIpc) is 3.11. The van der Waals surface area contributed by atoms with Crippen LogP contribution < -0.4 is 10.2 Å². The Hall–Kier alpha value is -3.94. The van der Waals surface area contributed by atoms with Gasteiger partial charge in [0.2, 0.25) is 0 Å². The Balaban J connectivity index is 1.66. The molecule has 4 aromatic rings. The standard InChI is InChI=1S/C19H16N6O2/c1-27-18-12-6-10-16(19(18)26)21-20-13-7-2-3-8-14(13)23-25-17-11-5-4-9-15(17)22-24-25/h2-12,23,26H,1H3. The fourth-order valence-corrected chi connectivity index (χ4v) is 2.58. The number of rotatable bonds is 5. The van der Waals surface area contributed by atoms with E-state index >= 15 is 0 Å². The van der Waals surface area contributed by atoms with Gasteiger partial charge in [-0.05, 0) is 41.6 Å². The van der Waals surface area contributed by atoms with E-state index in [0.29, 0.717) is 22.8 Å². The molecule has 8 heteroatoms. The van der Waals surface area contributed by atoms with Crippen LogP contribution in [0.15, 0.2) is 77.0 Å². The van der Waals surface area contributed by atoms with Crippen molar-refractivity contribution < 1.29 is 9.84 Å². The van der Waals surface area contributed by atoms with Crippen LogP contribution in [0, 0.1) is 0 Å². The van der Waals surface area contributed by atoms with Crippen molar-refractivity contribution in [2.75, 3.05) is 12.5 Å². The highest BCUT2D eigenvalue weighted by Crippen LogP contribution is 2.37. The molecule has 0 bridgehead atoms. The van der Waals surface area contributed by atoms with Gasteiger partial charge >= 0.3 is 0 Å². The van der Waals surface area contributed by atoms with E-state index in [-0.39, 0.29) is 5.75 Å². The van der Waals surface area contributed by atoms with Crippen molar-refractivity contribution in [1.82, 2.24) is 15.1 Å². The van der Waals surface area contributed by atoms with E-state index < -0.39 is 0 Å². The van der Waals surface area contributed by atoms with Crippen LogP contribution in [0.3, 0.4) is 0 Å². The molecule has 8 nitrogen and oxygen atoms in total. The van der Waals surface area contributed by atoms with Crippen molar-refractivity contribution in [3.8, 4) is 11.5 Å². The van der Waals surface area contributed by atoms with E-state index in [1.54, 1.807) is 23.0 Å². The number of aromatic hydroxyl groups is 1. The largest absolute Gasteiger partial charge is 0.503 e. The number of hydrogen-bond donors (Lipinski definition) is 2. The predicted octanol–water partition coefficient (Wildman–Crippen LogP) is 4.44. The normalized spacial score (nSPS) is 11.1. The first-order valence-corrected chi connectivity index (χ1v) is 8.20. The summed E-state index contributed by atoms with van der Waals surface area (Å²) in [6.07, 6.45) is 0. The minimum Gasteiger partial charge on any atom is -0.503 e. The van der Waals surface area contributed by atoms with Crippen molar-refractivity contribution in [2.24, 2.45) is 10.2 Å². The Bertz CT molecular complexity index is 1120. The monoisotopic (exact) mass is 360 g/mol. The van der Waals surface area contributed by atoms with Crippen LogP contribution in [0.2, 0.25) is 0 Å². The minimum atomic E-state index is -0.0588. The maximum absolute atomic E-state index is 10.1. The summed E-state index contributed by atoms with van der Waals surface area (Å²) in [5, 5.41) is 26.8. The second kappa shape index (κ2) is 7.12. The van der Waals surface area contributed by atoms with Gasteiger partial charge in [0.15, 0.2) is 11.5 Å². The number of hydrogen-bond acceptors (Lipinski definition) is 7. The Labute approximate surface area is 154 Å². The molecule has 4 rings (SSSR count). The predicted molar refractivity (Wildman–Crippen MR) is 102 cm³/mol. The zero-order chi connectivity index (χ0) is 18.6. The van der Waals surface area contributed by atoms with Crippen LogP contribution in [-0.4, -0.2) is 27.3 Å². The number of ether oxygens (including phenoxy) is 1. The number of methoxy groups -OCH3 is 1. The molecular formula is C19H16N6O2. The van der Waals surface area contributed by atoms with Gasteiger partial charge in [-0.15, -0.1) is 15.3 Å². The lowest BCUT2D eigenvalue weighted by atomic mass is 10.2. The third-order valence-electron chi connectivity index (χ3n) is 3.95. The van der Waals surface area contributed by atoms with Crippen molar-refractivity contribution in [1.29, 1.82) is 0 Å². The number of para-hydroxylation sites is 3. The van der Waals surface area contributed by atoms with Gasteiger partial charge in [0.1, 0.15) is 22.4 Å². The van der Waals surface area contributed by atoms with Crippen LogP contribution in [0.5, 0.6) is 11.5 Å². The fraction of sp³-hybridized carbons (Fsp3) is 0.0526. The first-order chi connectivity index (χ1) is 13.3. The number of fused-ring (bicyclic) bond motifs is 1. The molecule has 0 radical (unpaired) electrons. The number of anilines is 1. The van der Waals surface area contributed by atoms with E-state index in [1.807, 2.05) is 48.5 Å². The highest BCUT2D eigenvalue weighted by atomic mass is 16.5. The Morgan fingerprint density at radius 1 is 0.926 bits per heavy atom. The minimum absolute atomic E-state index is 0.0588. The molecule has 0 saturated heterocycles. The molecule has 1 aromatic heterocycles. The van der Waals surface area contributed by atoms with Crippen molar-refractivity contribution in [3.63, 3.8) is 0 Å². The van der Waals surface area contributed by atoms with Gasteiger partial charge in [-0.1, -0.05) is 30.3 Å². The smallest absolute Gasteiger partial charge is 0.185 e. The molecule has 0 amide bonds.